The molecular formula is C49H58N8O9S. The number of aliphatic hydroxyl groups is 1. The zero-order chi connectivity index (χ0) is 46.7. The van der Waals surface area contributed by atoms with Crippen LogP contribution in [0.2, 0.25) is 0 Å². The van der Waals surface area contributed by atoms with E-state index in [0.717, 1.165) is 69.1 Å². The number of aromatic nitrogens is 3. The summed E-state index contributed by atoms with van der Waals surface area (Å²) in [7, 11) is -4.78. The van der Waals surface area contributed by atoms with Crippen molar-refractivity contribution in [1.29, 1.82) is 0 Å². The van der Waals surface area contributed by atoms with E-state index in [2.05, 4.69) is 72.9 Å². The van der Waals surface area contributed by atoms with Crippen LogP contribution < -0.4 is 24.4 Å². The van der Waals surface area contributed by atoms with Gasteiger partial charge in [0.25, 0.3) is 10.9 Å². The van der Waals surface area contributed by atoms with Crippen LogP contribution in [0.5, 0.6) is 17.2 Å². The average Bonchev–Trinajstić information content (AvgIpc) is 3.78. The van der Waals surface area contributed by atoms with E-state index in [9.17, 15) is 28.4 Å². The molecule has 10 rings (SSSR count). The van der Waals surface area contributed by atoms with Gasteiger partial charge in [-0.2, -0.15) is 8.42 Å². The maximum atomic E-state index is 14.1. The lowest BCUT2D eigenvalue weighted by Crippen LogP contribution is -2.58. The van der Waals surface area contributed by atoms with Crippen molar-refractivity contribution in [3.8, 4) is 17.2 Å². The quantitative estimate of drug-likeness (QED) is 0.0734. The van der Waals surface area contributed by atoms with Crippen molar-refractivity contribution >= 4 is 44.2 Å². The molecule has 18 heteroatoms. The van der Waals surface area contributed by atoms with E-state index in [1.54, 1.807) is 31.3 Å². The van der Waals surface area contributed by atoms with Crippen LogP contribution in [0.1, 0.15) is 106 Å². The lowest BCUT2D eigenvalue weighted by Gasteiger charge is -2.57. The van der Waals surface area contributed by atoms with Crippen LogP contribution in [0.3, 0.4) is 0 Å². The van der Waals surface area contributed by atoms with Gasteiger partial charge in [0, 0.05) is 55.1 Å². The Morgan fingerprint density at radius 3 is 2.57 bits per heavy atom. The molecule has 1 spiro atoms. The molecule has 2 aliphatic carbocycles. The smallest absolute Gasteiger partial charge is 0.392 e. The molecule has 2 aromatic carbocycles. The number of nitrogens with one attached hydrogen (secondary N) is 3. The van der Waals surface area contributed by atoms with Gasteiger partial charge >= 0.3 is 15.8 Å². The number of ether oxygens (including phenoxy) is 3. The topological polar surface area (TPSA) is 214 Å². The van der Waals surface area contributed by atoms with E-state index in [1.165, 1.54) is 23.4 Å². The standard InChI is InChI=1S/C49H58N8O9S/c1-30(2)36-6-4-5-7-37(36)40-29-64-21-20-56(40)34-25-49(26-34)15-18-55(19-16-49)33-8-9-38(41(23-33)66-35-22-32-12-17-50-45(32)51-27-35)47(58)54-67(62,63)43-24-42-44(46(53-43)57(60)61)52-39(28-65-42)31-10-13-48(3,59)14-11-31/h4-9,12,17,22-24,27,30-31,34,39-40,52,59H,10-11,13-16,18-21,25-26,28-29H2,1-3H3,(H,50,51)(H,54,58)/t31?,39-,40-,48?/m1/s1. The predicted molar refractivity (Wildman–Crippen MR) is 251 cm³/mol. The van der Waals surface area contributed by atoms with E-state index in [-0.39, 0.29) is 52.8 Å². The number of fused-ring (bicyclic) bond motifs is 2. The van der Waals surface area contributed by atoms with Crippen molar-refractivity contribution in [3.05, 3.63) is 99.9 Å². The van der Waals surface area contributed by atoms with E-state index in [0.29, 0.717) is 55.6 Å². The monoisotopic (exact) mass is 934 g/mol. The third kappa shape index (κ3) is 9.03. The Balaban J connectivity index is 0.856. The Bertz CT molecular complexity index is 2790. The van der Waals surface area contributed by atoms with Gasteiger partial charge in [0.15, 0.2) is 11.4 Å². The van der Waals surface area contributed by atoms with Gasteiger partial charge in [0.2, 0.25) is 0 Å². The number of anilines is 2. The Hall–Kier alpha value is -5.82. The summed E-state index contributed by atoms with van der Waals surface area (Å²) in [6.07, 6.45) is 10.1. The number of pyridine rings is 2. The fourth-order valence-corrected chi connectivity index (χ4v) is 12.1. The van der Waals surface area contributed by atoms with Crippen LogP contribution >= 0.6 is 0 Å². The van der Waals surface area contributed by atoms with Crippen molar-refractivity contribution in [2.75, 3.05) is 49.7 Å². The number of rotatable bonds is 11. The van der Waals surface area contributed by atoms with E-state index in [1.807, 2.05) is 6.07 Å². The third-order valence-corrected chi connectivity index (χ3v) is 16.2. The molecule has 0 bridgehead atoms. The highest BCUT2D eigenvalue weighted by atomic mass is 32.2. The Labute approximate surface area is 389 Å². The fraction of sp³-hybridized carbons (Fsp3) is 0.490. The minimum atomic E-state index is -4.78. The van der Waals surface area contributed by atoms with E-state index >= 15 is 0 Å². The molecule has 67 heavy (non-hydrogen) atoms. The van der Waals surface area contributed by atoms with Crippen LogP contribution in [-0.4, -0.2) is 101 Å². The number of sulfonamides is 1. The Morgan fingerprint density at radius 2 is 1.81 bits per heavy atom. The molecule has 5 aromatic rings. The molecule has 4 N–H and O–H groups in total. The Kier molecular flexibility index (Phi) is 11.9. The van der Waals surface area contributed by atoms with Crippen molar-refractivity contribution < 1.29 is 37.5 Å². The number of hydrogen-bond acceptors (Lipinski definition) is 14. The molecule has 3 aromatic heterocycles. The number of hydrogen-bond donors (Lipinski definition) is 4. The number of H-pyrrole nitrogens is 1. The number of carbonyl (C=O) groups excluding carboxylic acids is 1. The van der Waals surface area contributed by atoms with Crippen molar-refractivity contribution in [2.24, 2.45) is 11.3 Å². The first-order valence-corrected chi connectivity index (χ1v) is 24.9. The van der Waals surface area contributed by atoms with Gasteiger partial charge in [-0.15, -0.1) is 0 Å². The highest BCUT2D eigenvalue weighted by molar-refractivity contribution is 7.90. The number of aromatic amines is 1. The van der Waals surface area contributed by atoms with Crippen LogP contribution in [0, 0.1) is 21.4 Å². The molecule has 17 nitrogen and oxygen atoms in total. The van der Waals surface area contributed by atoms with Gasteiger partial charge in [-0.25, -0.2) is 9.71 Å². The highest BCUT2D eigenvalue weighted by Gasteiger charge is 2.50. The molecule has 2 saturated heterocycles. The minimum Gasteiger partial charge on any atom is -0.489 e. The van der Waals surface area contributed by atoms with Gasteiger partial charge in [-0.1, -0.05) is 38.1 Å². The summed E-state index contributed by atoms with van der Waals surface area (Å²) >= 11 is 0. The van der Waals surface area contributed by atoms with Gasteiger partial charge in [-0.3, -0.25) is 9.69 Å². The summed E-state index contributed by atoms with van der Waals surface area (Å²) in [5, 5.41) is 26.0. The highest BCUT2D eigenvalue weighted by Crippen LogP contribution is 2.53. The molecule has 6 heterocycles. The number of nitrogens with zero attached hydrogens (tertiary/aromatic N) is 5. The predicted octanol–water partition coefficient (Wildman–Crippen LogP) is 7.84. The first-order valence-electron chi connectivity index (χ1n) is 23.4. The lowest BCUT2D eigenvalue weighted by molar-refractivity contribution is -0.389. The number of amides is 1. The van der Waals surface area contributed by atoms with Crippen LogP contribution in [0.4, 0.5) is 17.2 Å². The summed E-state index contributed by atoms with van der Waals surface area (Å²) in [4.78, 5) is 42.0. The SMILES string of the molecule is CC(C)c1ccccc1[C@H]1COCCN1C1CC2(CCN(c3ccc(C(=O)NS(=O)(=O)c4cc5c(c([N+](=O)[O-])n4)N[C@@H](C4CCC(C)(O)CC4)CO5)c(Oc4cnc5[nH]ccc5c4)c3)CC2)C1. The maximum Gasteiger partial charge on any atom is 0.392 e. The van der Waals surface area contributed by atoms with Gasteiger partial charge < -0.3 is 44.6 Å². The number of benzene rings is 2. The zero-order valence-electron chi connectivity index (χ0n) is 38.1. The molecule has 5 aliphatic rings. The molecule has 354 valence electrons. The summed E-state index contributed by atoms with van der Waals surface area (Å²) < 4.78 is 48.3. The largest absolute Gasteiger partial charge is 0.489 e. The minimum absolute atomic E-state index is 0.0297. The second-order valence-electron chi connectivity index (χ2n) is 19.8. The number of morpholine rings is 1. The molecular weight excluding hydrogens is 877 g/mol. The molecule has 2 saturated carbocycles. The number of piperidine rings is 1. The molecule has 4 fully saturated rings. The number of carbonyl (C=O) groups is 1. The van der Waals surface area contributed by atoms with Crippen LogP contribution in [-0.2, 0) is 14.8 Å². The average molecular weight is 935 g/mol. The summed E-state index contributed by atoms with van der Waals surface area (Å²) in [6, 6.07) is 19.0. The molecule has 2 atom stereocenters. The van der Waals surface area contributed by atoms with Crippen molar-refractivity contribution in [2.45, 2.75) is 107 Å². The maximum absolute atomic E-state index is 14.1. The molecule has 0 radical (unpaired) electrons. The lowest BCUT2D eigenvalue weighted by atomic mass is 9.59. The van der Waals surface area contributed by atoms with Crippen molar-refractivity contribution in [1.82, 2.24) is 24.6 Å². The zero-order valence-corrected chi connectivity index (χ0v) is 38.9. The second-order valence-corrected chi connectivity index (χ2v) is 21.4. The van der Waals surface area contributed by atoms with E-state index in [4.69, 9.17) is 14.2 Å². The molecule has 1 amide bonds. The molecule has 3 aliphatic heterocycles. The normalized spacial score (nSPS) is 24.4. The van der Waals surface area contributed by atoms with Crippen LogP contribution in [0.25, 0.3) is 11.0 Å². The van der Waals surface area contributed by atoms with Crippen LogP contribution in [0.15, 0.2) is 78.1 Å². The van der Waals surface area contributed by atoms with Gasteiger partial charge in [-0.05, 0) is 121 Å². The summed E-state index contributed by atoms with van der Waals surface area (Å²) in [5.74, 6) is -0.858. The Morgan fingerprint density at radius 1 is 1.03 bits per heavy atom. The fourth-order valence-electron chi connectivity index (χ4n) is 11.1. The first-order chi connectivity index (χ1) is 32.1. The third-order valence-electron chi connectivity index (χ3n) is 15.0. The van der Waals surface area contributed by atoms with Gasteiger partial charge in [0.1, 0.15) is 23.8 Å². The van der Waals surface area contributed by atoms with E-state index < -0.39 is 37.3 Å². The number of nitro groups is 1. The molecule has 0 unspecified atom stereocenters. The summed E-state index contributed by atoms with van der Waals surface area (Å²) in [5.41, 5.74) is 3.61. The second kappa shape index (κ2) is 17.7. The first kappa shape index (κ1) is 45.0. The van der Waals surface area contributed by atoms with Crippen molar-refractivity contribution in [3.63, 3.8) is 0 Å². The summed E-state index contributed by atoms with van der Waals surface area (Å²) in [6.45, 7) is 10.4. The van der Waals surface area contributed by atoms with Gasteiger partial charge in [0.05, 0.1) is 42.7 Å².